The first-order valence-electron chi connectivity index (χ1n) is 6.35. The lowest BCUT2D eigenvalue weighted by atomic mass is 10.1. The van der Waals surface area contributed by atoms with Crippen molar-refractivity contribution in [1.82, 2.24) is 19.7 Å². The Kier molecular flexibility index (Phi) is 3.26. The van der Waals surface area contributed by atoms with Crippen molar-refractivity contribution in [3.8, 4) is 0 Å². The predicted molar refractivity (Wildman–Crippen MR) is 86.7 cm³/mol. The summed E-state index contributed by atoms with van der Waals surface area (Å²) in [7, 11) is 3.77. The molecule has 2 aromatic heterocycles. The Labute approximate surface area is 127 Å². The summed E-state index contributed by atoms with van der Waals surface area (Å²) in [5.41, 5.74) is 8.29. The number of para-hydroxylation sites is 1. The summed E-state index contributed by atoms with van der Waals surface area (Å²) in [5, 5.41) is 5.10. The zero-order valence-electron chi connectivity index (χ0n) is 11.7. The van der Waals surface area contributed by atoms with Gasteiger partial charge in [0.15, 0.2) is 5.65 Å². The van der Waals surface area contributed by atoms with Crippen LogP contribution in [0.2, 0.25) is 0 Å². The van der Waals surface area contributed by atoms with Gasteiger partial charge >= 0.3 is 0 Å². The lowest BCUT2D eigenvalue weighted by Crippen LogP contribution is -2.18. The highest BCUT2D eigenvalue weighted by Crippen LogP contribution is 2.29. The van der Waals surface area contributed by atoms with Crippen LogP contribution in [0.5, 0.6) is 0 Å². The van der Waals surface area contributed by atoms with E-state index >= 15 is 0 Å². The molecule has 0 aliphatic rings. The van der Waals surface area contributed by atoms with Crippen LogP contribution < -0.4 is 10.6 Å². The van der Waals surface area contributed by atoms with Gasteiger partial charge in [-0.2, -0.15) is 5.10 Å². The SMILES string of the molecule is CN(c1ccccc1C(N)=S)c1ncnc2c1cnn2C. The molecule has 0 saturated heterocycles. The quantitative estimate of drug-likeness (QED) is 0.743. The van der Waals surface area contributed by atoms with Gasteiger partial charge in [-0.15, -0.1) is 0 Å². The van der Waals surface area contributed by atoms with E-state index in [0.717, 1.165) is 28.1 Å². The number of thiocarbonyl (C=S) groups is 1. The summed E-state index contributed by atoms with van der Waals surface area (Å²) in [4.78, 5) is 10.9. The van der Waals surface area contributed by atoms with Crippen LogP contribution in [0.4, 0.5) is 11.5 Å². The molecule has 0 saturated carbocycles. The van der Waals surface area contributed by atoms with E-state index in [1.165, 1.54) is 6.33 Å². The lowest BCUT2D eigenvalue weighted by molar-refractivity contribution is 0.785. The van der Waals surface area contributed by atoms with Gasteiger partial charge in [0.05, 0.1) is 17.3 Å². The highest BCUT2D eigenvalue weighted by molar-refractivity contribution is 7.80. The number of benzene rings is 1. The van der Waals surface area contributed by atoms with Crippen LogP contribution in [0.1, 0.15) is 5.56 Å². The van der Waals surface area contributed by atoms with Crippen molar-refractivity contribution < 1.29 is 0 Å². The van der Waals surface area contributed by atoms with E-state index < -0.39 is 0 Å². The van der Waals surface area contributed by atoms with Gasteiger partial charge in [0.25, 0.3) is 0 Å². The van der Waals surface area contributed by atoms with Gasteiger partial charge in [-0.1, -0.05) is 24.4 Å². The second kappa shape index (κ2) is 5.10. The molecule has 7 heteroatoms. The molecule has 6 nitrogen and oxygen atoms in total. The summed E-state index contributed by atoms with van der Waals surface area (Å²) < 4.78 is 1.72. The maximum atomic E-state index is 5.80. The molecular formula is C14H14N6S. The summed E-state index contributed by atoms with van der Waals surface area (Å²) >= 11 is 5.12. The maximum Gasteiger partial charge on any atom is 0.163 e. The van der Waals surface area contributed by atoms with Crippen LogP contribution in [-0.2, 0) is 7.05 Å². The third-order valence-electron chi connectivity index (χ3n) is 3.36. The Morgan fingerprint density at radius 3 is 2.81 bits per heavy atom. The zero-order valence-corrected chi connectivity index (χ0v) is 12.5. The number of aryl methyl sites for hydroxylation is 1. The second-order valence-electron chi connectivity index (χ2n) is 4.64. The van der Waals surface area contributed by atoms with E-state index in [4.69, 9.17) is 18.0 Å². The van der Waals surface area contributed by atoms with Gasteiger partial charge < -0.3 is 10.6 Å². The van der Waals surface area contributed by atoms with Gasteiger partial charge in [0, 0.05) is 19.7 Å². The molecule has 1 aromatic carbocycles. The number of hydrogen-bond acceptors (Lipinski definition) is 5. The minimum Gasteiger partial charge on any atom is -0.389 e. The monoisotopic (exact) mass is 298 g/mol. The minimum absolute atomic E-state index is 0.355. The third kappa shape index (κ3) is 2.21. The molecule has 0 fully saturated rings. The summed E-state index contributed by atoms with van der Waals surface area (Å²) in [6.45, 7) is 0. The Bertz CT molecular complexity index is 825. The second-order valence-corrected chi connectivity index (χ2v) is 5.08. The number of nitrogens with zero attached hydrogens (tertiary/aromatic N) is 5. The number of hydrogen-bond donors (Lipinski definition) is 1. The van der Waals surface area contributed by atoms with Crippen LogP contribution in [0.15, 0.2) is 36.8 Å². The van der Waals surface area contributed by atoms with Crippen LogP contribution in [0, 0.1) is 0 Å². The van der Waals surface area contributed by atoms with Crippen molar-refractivity contribution in [2.75, 3.05) is 11.9 Å². The van der Waals surface area contributed by atoms with Crippen LogP contribution in [0.3, 0.4) is 0 Å². The van der Waals surface area contributed by atoms with Gasteiger partial charge in [-0.3, -0.25) is 4.68 Å². The zero-order chi connectivity index (χ0) is 15.0. The van der Waals surface area contributed by atoms with Crippen molar-refractivity contribution in [3.05, 3.63) is 42.4 Å². The highest BCUT2D eigenvalue weighted by Gasteiger charge is 2.16. The van der Waals surface area contributed by atoms with Crippen molar-refractivity contribution in [3.63, 3.8) is 0 Å². The van der Waals surface area contributed by atoms with Crippen molar-refractivity contribution >= 4 is 39.7 Å². The molecule has 2 heterocycles. The van der Waals surface area contributed by atoms with E-state index in [2.05, 4.69) is 15.1 Å². The van der Waals surface area contributed by atoms with Crippen LogP contribution in [-0.4, -0.2) is 31.8 Å². The normalized spacial score (nSPS) is 10.8. The summed E-state index contributed by atoms with van der Waals surface area (Å²) in [6, 6.07) is 7.70. The standard InChI is InChI=1S/C14H14N6S/c1-19(11-6-4-3-5-9(11)12(15)21)13-10-7-18-20(2)14(10)17-8-16-13/h3-8H,1-2H3,(H2,15,21). The number of rotatable bonds is 3. The number of aromatic nitrogens is 4. The van der Waals surface area contributed by atoms with Gasteiger partial charge in [-0.25, -0.2) is 9.97 Å². The molecule has 2 N–H and O–H groups in total. The molecule has 0 amide bonds. The van der Waals surface area contributed by atoms with Crippen LogP contribution in [0.25, 0.3) is 11.0 Å². The van der Waals surface area contributed by atoms with Crippen molar-refractivity contribution in [2.45, 2.75) is 0 Å². The molecule has 21 heavy (non-hydrogen) atoms. The minimum atomic E-state index is 0.355. The molecule has 0 aliphatic heterocycles. The van der Waals surface area contributed by atoms with Crippen molar-refractivity contribution in [1.29, 1.82) is 0 Å². The van der Waals surface area contributed by atoms with E-state index in [-0.39, 0.29) is 0 Å². The fourth-order valence-corrected chi connectivity index (χ4v) is 2.48. The first-order chi connectivity index (χ1) is 10.1. The summed E-state index contributed by atoms with van der Waals surface area (Å²) in [5.74, 6) is 0.761. The molecule has 0 spiro atoms. The Morgan fingerprint density at radius 2 is 2.05 bits per heavy atom. The number of anilines is 2. The maximum absolute atomic E-state index is 5.80. The molecule has 0 radical (unpaired) electrons. The van der Waals surface area contributed by atoms with E-state index in [1.54, 1.807) is 10.9 Å². The molecular weight excluding hydrogens is 284 g/mol. The molecule has 3 aromatic rings. The van der Waals surface area contributed by atoms with Crippen LogP contribution >= 0.6 is 12.2 Å². The Balaban J connectivity index is 2.17. The lowest BCUT2D eigenvalue weighted by Gasteiger charge is -2.21. The predicted octanol–water partition coefficient (Wildman–Crippen LogP) is 1.77. The summed E-state index contributed by atoms with van der Waals surface area (Å²) in [6.07, 6.45) is 3.28. The van der Waals surface area contributed by atoms with Gasteiger partial charge in [0.2, 0.25) is 0 Å². The fourth-order valence-electron chi connectivity index (χ4n) is 2.31. The molecule has 0 unspecified atom stereocenters. The first kappa shape index (κ1) is 13.4. The van der Waals surface area contributed by atoms with E-state index in [0.29, 0.717) is 4.99 Å². The first-order valence-corrected chi connectivity index (χ1v) is 6.75. The highest BCUT2D eigenvalue weighted by atomic mass is 32.1. The fraction of sp³-hybridized carbons (Fsp3) is 0.143. The largest absolute Gasteiger partial charge is 0.389 e. The third-order valence-corrected chi connectivity index (χ3v) is 3.58. The average Bonchev–Trinajstić information content (AvgIpc) is 2.88. The Morgan fingerprint density at radius 1 is 1.29 bits per heavy atom. The molecule has 0 bridgehead atoms. The Hall–Kier alpha value is -2.54. The number of nitrogens with two attached hydrogens (primary N) is 1. The van der Waals surface area contributed by atoms with Crippen molar-refractivity contribution in [2.24, 2.45) is 12.8 Å². The topological polar surface area (TPSA) is 72.9 Å². The van der Waals surface area contributed by atoms with Gasteiger partial charge in [0.1, 0.15) is 17.1 Å². The smallest absolute Gasteiger partial charge is 0.163 e. The number of fused-ring (bicyclic) bond motifs is 1. The average molecular weight is 298 g/mol. The van der Waals surface area contributed by atoms with E-state index in [1.807, 2.05) is 43.3 Å². The molecule has 0 aliphatic carbocycles. The molecule has 106 valence electrons. The molecule has 3 rings (SSSR count). The van der Waals surface area contributed by atoms with E-state index in [9.17, 15) is 0 Å². The molecule has 0 atom stereocenters. The van der Waals surface area contributed by atoms with Gasteiger partial charge in [-0.05, 0) is 12.1 Å².